The molecule has 2 heterocycles. The zero-order valence-electron chi connectivity index (χ0n) is 12.1. The van der Waals surface area contributed by atoms with Gasteiger partial charge in [0.2, 0.25) is 0 Å². The monoisotopic (exact) mass is 285 g/mol. The van der Waals surface area contributed by atoms with Crippen molar-refractivity contribution in [3.05, 3.63) is 47.9 Å². The third-order valence-electron chi connectivity index (χ3n) is 3.57. The number of benzene rings is 1. The Labute approximate surface area is 123 Å². The fraction of sp³-hybridized carbons (Fsp3) is 0.312. The average Bonchev–Trinajstić information content (AvgIpc) is 2.96. The first-order valence-corrected chi connectivity index (χ1v) is 7.16. The van der Waals surface area contributed by atoms with Crippen molar-refractivity contribution in [3.8, 4) is 0 Å². The lowest BCUT2D eigenvalue weighted by Gasteiger charge is -2.29. The molecule has 1 aromatic heterocycles. The Morgan fingerprint density at radius 1 is 1.14 bits per heavy atom. The summed E-state index contributed by atoms with van der Waals surface area (Å²) in [7, 11) is 0. The molecule has 1 aliphatic heterocycles. The van der Waals surface area contributed by atoms with E-state index in [2.05, 4.69) is 15.5 Å². The third-order valence-corrected chi connectivity index (χ3v) is 3.57. The predicted molar refractivity (Wildman–Crippen MR) is 82.9 cm³/mol. The Balaban J connectivity index is 1.65. The maximum Gasteiger partial charge on any atom is 0.291 e. The topological polar surface area (TPSA) is 57.5 Å². The van der Waals surface area contributed by atoms with Crippen LogP contribution in [0.5, 0.6) is 0 Å². The van der Waals surface area contributed by atoms with E-state index in [9.17, 15) is 4.79 Å². The maximum atomic E-state index is 12.0. The summed E-state index contributed by atoms with van der Waals surface area (Å²) in [5.41, 5.74) is 1.95. The molecule has 21 heavy (non-hydrogen) atoms. The number of nitrogens with zero attached hydrogens (tertiary/aromatic N) is 1. The summed E-state index contributed by atoms with van der Waals surface area (Å²) in [6.45, 7) is 5.86. The lowest BCUT2D eigenvalue weighted by atomic mass is 10.2. The molecular weight excluding hydrogens is 266 g/mol. The van der Waals surface area contributed by atoms with Crippen LogP contribution in [-0.4, -0.2) is 32.1 Å². The highest BCUT2D eigenvalue weighted by atomic mass is 16.3. The molecule has 1 aliphatic rings. The van der Waals surface area contributed by atoms with Crippen LogP contribution < -0.4 is 15.5 Å². The third kappa shape index (κ3) is 3.25. The number of amides is 1. The Bertz CT molecular complexity index is 613. The minimum Gasteiger partial charge on any atom is -0.456 e. The van der Waals surface area contributed by atoms with Crippen LogP contribution in [0.25, 0.3) is 0 Å². The van der Waals surface area contributed by atoms with Gasteiger partial charge < -0.3 is 20.0 Å². The lowest BCUT2D eigenvalue weighted by molar-refractivity contribution is 0.0995. The van der Waals surface area contributed by atoms with Crippen molar-refractivity contribution >= 4 is 17.3 Å². The number of carbonyl (C=O) groups is 1. The molecule has 1 fully saturated rings. The van der Waals surface area contributed by atoms with Crippen LogP contribution in [0.15, 0.2) is 40.8 Å². The van der Waals surface area contributed by atoms with Gasteiger partial charge in [0, 0.05) is 37.6 Å². The molecular formula is C16H19N3O2. The van der Waals surface area contributed by atoms with Crippen LogP contribution in [0.2, 0.25) is 0 Å². The van der Waals surface area contributed by atoms with E-state index in [0.29, 0.717) is 5.76 Å². The van der Waals surface area contributed by atoms with E-state index in [1.54, 1.807) is 12.1 Å². The average molecular weight is 285 g/mol. The zero-order chi connectivity index (χ0) is 14.7. The Morgan fingerprint density at radius 3 is 2.48 bits per heavy atom. The van der Waals surface area contributed by atoms with Gasteiger partial charge in [0.1, 0.15) is 5.76 Å². The van der Waals surface area contributed by atoms with Gasteiger partial charge in [-0.2, -0.15) is 0 Å². The van der Waals surface area contributed by atoms with Crippen LogP contribution in [0.3, 0.4) is 0 Å². The van der Waals surface area contributed by atoms with Gasteiger partial charge in [0.05, 0.1) is 0 Å². The summed E-state index contributed by atoms with van der Waals surface area (Å²) in [5, 5.41) is 6.17. The van der Waals surface area contributed by atoms with Gasteiger partial charge in [-0.1, -0.05) is 0 Å². The van der Waals surface area contributed by atoms with Gasteiger partial charge in [-0.05, 0) is 43.3 Å². The number of hydrogen-bond donors (Lipinski definition) is 2. The van der Waals surface area contributed by atoms with E-state index in [4.69, 9.17) is 4.42 Å². The molecule has 0 spiro atoms. The minimum atomic E-state index is -0.224. The highest BCUT2D eigenvalue weighted by Crippen LogP contribution is 2.19. The molecule has 0 saturated carbocycles. The number of anilines is 2. The number of hydrogen-bond acceptors (Lipinski definition) is 4. The molecule has 1 amide bonds. The number of rotatable bonds is 3. The highest BCUT2D eigenvalue weighted by Gasteiger charge is 2.12. The number of aryl methyl sites for hydroxylation is 1. The van der Waals surface area contributed by atoms with E-state index in [0.717, 1.165) is 37.6 Å². The first kappa shape index (κ1) is 13.7. The highest BCUT2D eigenvalue weighted by molar-refractivity contribution is 6.02. The lowest BCUT2D eigenvalue weighted by Crippen LogP contribution is -2.43. The molecule has 110 valence electrons. The molecule has 0 unspecified atom stereocenters. The van der Waals surface area contributed by atoms with Gasteiger partial charge in [-0.15, -0.1) is 0 Å². The molecule has 1 saturated heterocycles. The van der Waals surface area contributed by atoms with Crippen molar-refractivity contribution in [2.75, 3.05) is 36.4 Å². The number of nitrogens with one attached hydrogen (secondary N) is 2. The first-order valence-electron chi connectivity index (χ1n) is 7.16. The smallest absolute Gasteiger partial charge is 0.291 e. The molecule has 1 aromatic carbocycles. The molecule has 2 aromatic rings. The fourth-order valence-corrected chi connectivity index (χ4v) is 2.43. The molecule has 2 N–H and O–H groups in total. The van der Waals surface area contributed by atoms with Crippen LogP contribution in [0.1, 0.15) is 16.3 Å². The summed E-state index contributed by atoms with van der Waals surface area (Å²) in [4.78, 5) is 14.3. The van der Waals surface area contributed by atoms with E-state index in [1.165, 1.54) is 5.69 Å². The number of carbonyl (C=O) groups excluding carboxylic acids is 1. The molecule has 0 aliphatic carbocycles. The number of piperazine rings is 1. The van der Waals surface area contributed by atoms with Crippen LogP contribution in [0.4, 0.5) is 11.4 Å². The van der Waals surface area contributed by atoms with Gasteiger partial charge in [0.15, 0.2) is 5.76 Å². The molecule has 3 rings (SSSR count). The Kier molecular flexibility index (Phi) is 3.92. The van der Waals surface area contributed by atoms with E-state index < -0.39 is 0 Å². The SMILES string of the molecule is Cc1ccc(C(=O)Nc2ccc(N3CCNCC3)cc2)o1. The van der Waals surface area contributed by atoms with Crippen molar-refractivity contribution in [1.29, 1.82) is 0 Å². The van der Waals surface area contributed by atoms with Crippen molar-refractivity contribution in [2.45, 2.75) is 6.92 Å². The van der Waals surface area contributed by atoms with Crippen molar-refractivity contribution in [1.82, 2.24) is 5.32 Å². The van der Waals surface area contributed by atoms with Gasteiger partial charge >= 0.3 is 0 Å². The second-order valence-electron chi connectivity index (χ2n) is 5.15. The minimum absolute atomic E-state index is 0.224. The summed E-state index contributed by atoms with van der Waals surface area (Å²) in [5.74, 6) is 0.839. The predicted octanol–water partition coefficient (Wildman–Crippen LogP) is 2.25. The van der Waals surface area contributed by atoms with Crippen molar-refractivity contribution in [3.63, 3.8) is 0 Å². The Hall–Kier alpha value is -2.27. The van der Waals surface area contributed by atoms with Crippen molar-refractivity contribution < 1.29 is 9.21 Å². The van der Waals surface area contributed by atoms with Gasteiger partial charge in [-0.25, -0.2) is 0 Å². The van der Waals surface area contributed by atoms with E-state index >= 15 is 0 Å². The fourth-order valence-electron chi connectivity index (χ4n) is 2.43. The van der Waals surface area contributed by atoms with Crippen molar-refractivity contribution in [2.24, 2.45) is 0 Å². The number of furan rings is 1. The molecule has 5 nitrogen and oxygen atoms in total. The summed E-state index contributed by atoms with van der Waals surface area (Å²) >= 11 is 0. The maximum absolute atomic E-state index is 12.0. The quantitative estimate of drug-likeness (QED) is 0.908. The van der Waals surface area contributed by atoms with Crippen LogP contribution in [0, 0.1) is 6.92 Å². The normalized spacial score (nSPS) is 15.0. The summed E-state index contributed by atoms with van der Waals surface area (Å²) < 4.78 is 5.31. The van der Waals surface area contributed by atoms with Crippen LogP contribution in [-0.2, 0) is 0 Å². The molecule has 0 bridgehead atoms. The molecule has 0 radical (unpaired) electrons. The summed E-state index contributed by atoms with van der Waals surface area (Å²) in [6, 6.07) is 11.4. The standard InChI is InChI=1S/C16H19N3O2/c1-12-2-7-15(21-12)16(20)18-13-3-5-14(6-4-13)19-10-8-17-9-11-19/h2-7,17H,8-11H2,1H3,(H,18,20). The van der Waals surface area contributed by atoms with Crippen LogP contribution >= 0.6 is 0 Å². The van der Waals surface area contributed by atoms with Gasteiger partial charge in [0.25, 0.3) is 5.91 Å². The summed E-state index contributed by atoms with van der Waals surface area (Å²) in [6.07, 6.45) is 0. The van der Waals surface area contributed by atoms with E-state index in [1.807, 2.05) is 31.2 Å². The molecule has 0 atom stereocenters. The Morgan fingerprint density at radius 2 is 1.86 bits per heavy atom. The molecule has 5 heteroatoms. The van der Waals surface area contributed by atoms with Gasteiger partial charge in [-0.3, -0.25) is 4.79 Å². The first-order chi connectivity index (χ1) is 10.2. The second kappa shape index (κ2) is 6.01. The second-order valence-corrected chi connectivity index (χ2v) is 5.15. The largest absolute Gasteiger partial charge is 0.456 e. The van der Waals surface area contributed by atoms with E-state index in [-0.39, 0.29) is 5.91 Å². The zero-order valence-corrected chi connectivity index (χ0v) is 12.1.